The maximum atomic E-state index is 11.9. The number of ether oxygens (including phenoxy) is 1. The minimum absolute atomic E-state index is 0.000283. The quantitative estimate of drug-likeness (QED) is 0.813. The van der Waals surface area contributed by atoms with Gasteiger partial charge in [-0.3, -0.25) is 4.79 Å². The molecule has 0 spiro atoms. The van der Waals surface area contributed by atoms with Gasteiger partial charge in [-0.15, -0.1) is 0 Å². The second-order valence-corrected chi connectivity index (χ2v) is 5.57. The largest absolute Gasteiger partial charge is 0.496 e. The van der Waals surface area contributed by atoms with E-state index >= 15 is 0 Å². The lowest BCUT2D eigenvalue weighted by molar-refractivity contribution is -0.123. The molecule has 0 aliphatic rings. The summed E-state index contributed by atoms with van der Waals surface area (Å²) in [7, 11) is 3.27. The summed E-state index contributed by atoms with van der Waals surface area (Å²) in [5.41, 5.74) is 0.942. The molecule has 0 bridgehead atoms. The molecule has 0 aliphatic heterocycles. The van der Waals surface area contributed by atoms with Crippen molar-refractivity contribution in [1.82, 2.24) is 10.6 Å². The Balaban J connectivity index is 2.76. The molecule has 5 heteroatoms. The van der Waals surface area contributed by atoms with Crippen molar-refractivity contribution >= 4 is 17.5 Å². The molecule has 1 rings (SSSR count). The molecule has 1 atom stereocenters. The fraction of sp³-hybridized carbons (Fsp3) is 0.533. The molecule has 0 fully saturated rings. The fourth-order valence-corrected chi connectivity index (χ4v) is 2.24. The van der Waals surface area contributed by atoms with Gasteiger partial charge >= 0.3 is 0 Å². The van der Waals surface area contributed by atoms with Crippen LogP contribution in [-0.4, -0.2) is 26.1 Å². The molecular formula is C15H23ClN2O2. The molecule has 4 nitrogen and oxygen atoms in total. The number of amides is 1. The first-order chi connectivity index (χ1) is 9.47. The zero-order valence-electron chi connectivity index (χ0n) is 12.5. The van der Waals surface area contributed by atoms with Gasteiger partial charge in [0.2, 0.25) is 5.91 Å². The standard InChI is InChI=1S/C15H23ClN2O2/c1-10(2)7-13(15(19)17-3)18-9-11-8-12(16)5-6-14(11)20-4/h5-6,8,10,13,18H,7,9H2,1-4H3,(H,17,19). The average Bonchev–Trinajstić information content (AvgIpc) is 2.42. The van der Waals surface area contributed by atoms with E-state index in [0.29, 0.717) is 17.5 Å². The van der Waals surface area contributed by atoms with E-state index in [1.54, 1.807) is 20.2 Å². The second-order valence-electron chi connectivity index (χ2n) is 5.13. The van der Waals surface area contributed by atoms with E-state index in [9.17, 15) is 4.79 Å². The minimum atomic E-state index is -0.219. The van der Waals surface area contributed by atoms with Crippen LogP contribution in [0.2, 0.25) is 5.02 Å². The fourth-order valence-electron chi connectivity index (χ4n) is 2.05. The zero-order chi connectivity index (χ0) is 15.1. The Morgan fingerprint density at radius 1 is 1.40 bits per heavy atom. The van der Waals surface area contributed by atoms with Gasteiger partial charge in [-0.25, -0.2) is 0 Å². The molecule has 1 aromatic rings. The number of hydrogen-bond donors (Lipinski definition) is 2. The van der Waals surface area contributed by atoms with Crippen LogP contribution < -0.4 is 15.4 Å². The van der Waals surface area contributed by atoms with Crippen LogP contribution in [0.3, 0.4) is 0 Å². The minimum Gasteiger partial charge on any atom is -0.496 e. The number of hydrogen-bond acceptors (Lipinski definition) is 3. The third-order valence-corrected chi connectivity index (χ3v) is 3.29. The van der Waals surface area contributed by atoms with Crippen molar-refractivity contribution in [3.8, 4) is 5.75 Å². The molecule has 1 aromatic carbocycles. The van der Waals surface area contributed by atoms with E-state index in [-0.39, 0.29) is 11.9 Å². The van der Waals surface area contributed by atoms with Gasteiger partial charge in [-0.1, -0.05) is 25.4 Å². The molecule has 112 valence electrons. The number of likely N-dealkylation sites (N-methyl/N-ethyl adjacent to an activating group) is 1. The van der Waals surface area contributed by atoms with Crippen molar-refractivity contribution in [1.29, 1.82) is 0 Å². The summed E-state index contributed by atoms with van der Waals surface area (Å²) < 4.78 is 5.30. The highest BCUT2D eigenvalue weighted by atomic mass is 35.5. The first kappa shape index (κ1) is 16.8. The molecular weight excluding hydrogens is 276 g/mol. The van der Waals surface area contributed by atoms with Crippen molar-refractivity contribution < 1.29 is 9.53 Å². The SMILES string of the molecule is CNC(=O)C(CC(C)C)NCc1cc(Cl)ccc1OC. The Bertz CT molecular complexity index is 449. The lowest BCUT2D eigenvalue weighted by Gasteiger charge is -2.20. The first-order valence-corrected chi connectivity index (χ1v) is 7.13. The molecule has 2 N–H and O–H groups in total. The summed E-state index contributed by atoms with van der Waals surface area (Å²) in [4.78, 5) is 11.9. The van der Waals surface area contributed by atoms with Crippen LogP contribution in [0.4, 0.5) is 0 Å². The van der Waals surface area contributed by atoms with Crippen LogP contribution in [0.15, 0.2) is 18.2 Å². The Hall–Kier alpha value is -1.26. The predicted molar refractivity (Wildman–Crippen MR) is 82.2 cm³/mol. The summed E-state index contributed by atoms with van der Waals surface area (Å²) in [5.74, 6) is 1.20. The Morgan fingerprint density at radius 3 is 2.65 bits per heavy atom. The van der Waals surface area contributed by atoms with Gasteiger partial charge in [0.05, 0.1) is 13.2 Å². The number of nitrogens with one attached hydrogen (secondary N) is 2. The van der Waals surface area contributed by atoms with Gasteiger partial charge in [-0.05, 0) is 30.5 Å². The molecule has 1 amide bonds. The summed E-state index contributed by atoms with van der Waals surface area (Å²) in [6, 6.07) is 5.25. The van der Waals surface area contributed by atoms with Crippen molar-refractivity contribution in [2.75, 3.05) is 14.2 Å². The summed E-state index contributed by atoms with van der Waals surface area (Å²) in [6.45, 7) is 4.73. The molecule has 0 aliphatic carbocycles. The molecule has 0 radical (unpaired) electrons. The number of carbonyl (C=O) groups excluding carboxylic acids is 1. The smallest absolute Gasteiger partial charge is 0.236 e. The number of rotatable bonds is 7. The van der Waals surface area contributed by atoms with Gasteiger partial charge in [0.15, 0.2) is 0 Å². The number of methoxy groups -OCH3 is 1. The highest BCUT2D eigenvalue weighted by molar-refractivity contribution is 6.30. The lowest BCUT2D eigenvalue weighted by Crippen LogP contribution is -2.43. The van der Waals surface area contributed by atoms with E-state index in [1.807, 2.05) is 12.1 Å². The van der Waals surface area contributed by atoms with Gasteiger partial charge in [0.25, 0.3) is 0 Å². The Morgan fingerprint density at radius 2 is 2.10 bits per heavy atom. The predicted octanol–water partition coefficient (Wildman–Crippen LogP) is 2.60. The molecule has 0 saturated carbocycles. The molecule has 0 aromatic heterocycles. The molecule has 20 heavy (non-hydrogen) atoms. The van der Waals surface area contributed by atoms with Crippen LogP contribution in [0.5, 0.6) is 5.75 Å². The Labute approximate surface area is 125 Å². The number of carbonyl (C=O) groups is 1. The van der Waals surface area contributed by atoms with E-state index in [2.05, 4.69) is 24.5 Å². The van der Waals surface area contributed by atoms with E-state index in [4.69, 9.17) is 16.3 Å². The van der Waals surface area contributed by atoms with E-state index < -0.39 is 0 Å². The normalized spacial score (nSPS) is 12.3. The number of halogens is 1. The van der Waals surface area contributed by atoms with Crippen molar-refractivity contribution in [3.05, 3.63) is 28.8 Å². The highest BCUT2D eigenvalue weighted by Crippen LogP contribution is 2.22. The average molecular weight is 299 g/mol. The summed E-state index contributed by atoms with van der Waals surface area (Å²) >= 11 is 6.00. The topological polar surface area (TPSA) is 50.4 Å². The van der Waals surface area contributed by atoms with Crippen molar-refractivity contribution in [2.24, 2.45) is 5.92 Å². The second kappa shape index (κ2) is 8.12. The molecule has 0 heterocycles. The maximum absolute atomic E-state index is 11.9. The Kier molecular flexibility index (Phi) is 6.82. The monoisotopic (exact) mass is 298 g/mol. The third-order valence-electron chi connectivity index (χ3n) is 3.05. The van der Waals surface area contributed by atoms with Gasteiger partial charge in [-0.2, -0.15) is 0 Å². The first-order valence-electron chi connectivity index (χ1n) is 6.75. The van der Waals surface area contributed by atoms with Crippen molar-refractivity contribution in [3.63, 3.8) is 0 Å². The highest BCUT2D eigenvalue weighted by Gasteiger charge is 2.18. The van der Waals surface area contributed by atoms with Crippen LogP contribution in [0.1, 0.15) is 25.8 Å². The van der Waals surface area contributed by atoms with E-state index in [0.717, 1.165) is 17.7 Å². The van der Waals surface area contributed by atoms with Gasteiger partial charge in [0.1, 0.15) is 5.75 Å². The number of benzene rings is 1. The van der Waals surface area contributed by atoms with Crippen LogP contribution in [0, 0.1) is 5.92 Å². The lowest BCUT2D eigenvalue weighted by atomic mass is 10.0. The summed E-state index contributed by atoms with van der Waals surface area (Å²) in [5, 5.41) is 6.61. The zero-order valence-corrected chi connectivity index (χ0v) is 13.3. The van der Waals surface area contributed by atoms with Crippen LogP contribution in [-0.2, 0) is 11.3 Å². The summed E-state index contributed by atoms with van der Waals surface area (Å²) in [6.07, 6.45) is 0.780. The third kappa shape index (κ3) is 5.02. The van der Waals surface area contributed by atoms with Gasteiger partial charge < -0.3 is 15.4 Å². The molecule has 1 unspecified atom stereocenters. The van der Waals surface area contributed by atoms with Crippen molar-refractivity contribution in [2.45, 2.75) is 32.9 Å². The molecule has 0 saturated heterocycles. The van der Waals surface area contributed by atoms with Gasteiger partial charge in [0, 0.05) is 24.2 Å². The van der Waals surface area contributed by atoms with E-state index in [1.165, 1.54) is 0 Å². The van der Waals surface area contributed by atoms with Crippen LogP contribution in [0.25, 0.3) is 0 Å². The van der Waals surface area contributed by atoms with Crippen LogP contribution >= 0.6 is 11.6 Å². The maximum Gasteiger partial charge on any atom is 0.236 e.